The molecule has 1 aliphatic heterocycles. The molecule has 3 aliphatic rings. The second-order valence-corrected chi connectivity index (χ2v) is 6.12. The molecule has 0 radical (unpaired) electrons. The fourth-order valence-corrected chi connectivity index (χ4v) is 4.19. The van der Waals surface area contributed by atoms with Gasteiger partial charge in [-0.05, 0) is 37.3 Å². The van der Waals surface area contributed by atoms with Gasteiger partial charge in [0.25, 0.3) is 0 Å². The number of benzene rings is 1. The summed E-state index contributed by atoms with van der Waals surface area (Å²) in [6.07, 6.45) is 5.03. The molecule has 2 bridgehead atoms. The Balaban J connectivity index is 1.85. The molecule has 20 heavy (non-hydrogen) atoms. The van der Waals surface area contributed by atoms with Crippen LogP contribution < -0.4 is 4.90 Å². The molecule has 2 aliphatic carbocycles. The third-order valence-electron chi connectivity index (χ3n) is 5.23. The van der Waals surface area contributed by atoms with E-state index in [-0.39, 0.29) is 35.3 Å². The van der Waals surface area contributed by atoms with Gasteiger partial charge in [0.05, 0.1) is 17.0 Å². The van der Waals surface area contributed by atoms with Crippen molar-refractivity contribution in [2.45, 2.75) is 13.3 Å². The highest BCUT2D eigenvalue weighted by Crippen LogP contribution is 2.61. The summed E-state index contributed by atoms with van der Waals surface area (Å²) in [5, 5.41) is 9.94. The zero-order chi connectivity index (χ0) is 14.1. The fraction of sp³-hybridized carbons (Fsp3) is 0.375. The zero-order valence-corrected chi connectivity index (χ0v) is 11.1. The van der Waals surface area contributed by atoms with Crippen molar-refractivity contribution in [1.82, 2.24) is 0 Å². The molecule has 1 N–H and O–H groups in total. The second kappa shape index (κ2) is 3.51. The molecule has 1 saturated carbocycles. The van der Waals surface area contributed by atoms with E-state index in [1.165, 1.54) is 11.0 Å². The molecule has 2 amide bonds. The van der Waals surface area contributed by atoms with Crippen LogP contribution in [0.4, 0.5) is 5.69 Å². The molecular weight excluding hydrogens is 254 g/mol. The number of phenolic OH excluding ortho intramolecular Hbond substituents is 1. The van der Waals surface area contributed by atoms with Gasteiger partial charge in [-0.2, -0.15) is 0 Å². The number of amides is 2. The molecule has 2 fully saturated rings. The minimum atomic E-state index is -0.640. The van der Waals surface area contributed by atoms with Crippen molar-refractivity contribution in [1.29, 1.82) is 0 Å². The van der Waals surface area contributed by atoms with E-state index in [0.717, 1.165) is 6.42 Å². The minimum Gasteiger partial charge on any atom is -0.506 e. The van der Waals surface area contributed by atoms with Crippen molar-refractivity contribution in [3.8, 4) is 5.75 Å². The molecular formula is C16H15NO3. The van der Waals surface area contributed by atoms with Crippen LogP contribution in [0, 0.1) is 23.2 Å². The maximum absolute atomic E-state index is 12.8. The molecule has 4 rings (SSSR count). The van der Waals surface area contributed by atoms with Crippen LogP contribution in [-0.2, 0) is 9.59 Å². The predicted molar refractivity (Wildman–Crippen MR) is 72.9 cm³/mol. The number of para-hydroxylation sites is 2. The summed E-state index contributed by atoms with van der Waals surface area (Å²) in [7, 11) is 0. The number of anilines is 1. The monoisotopic (exact) mass is 269 g/mol. The maximum atomic E-state index is 12.8. The van der Waals surface area contributed by atoms with Crippen LogP contribution in [0.25, 0.3) is 0 Å². The van der Waals surface area contributed by atoms with Gasteiger partial charge in [0, 0.05) is 0 Å². The highest BCUT2D eigenvalue weighted by molar-refractivity contribution is 6.25. The average molecular weight is 269 g/mol. The molecule has 1 saturated heterocycles. The number of hydrogen-bond donors (Lipinski definition) is 1. The lowest BCUT2D eigenvalue weighted by molar-refractivity contribution is -0.127. The molecule has 1 aromatic carbocycles. The number of carbonyl (C=O) groups is 2. The Morgan fingerprint density at radius 3 is 2.70 bits per heavy atom. The molecule has 4 nitrogen and oxygen atoms in total. The topological polar surface area (TPSA) is 57.6 Å². The molecule has 1 aromatic rings. The first-order valence-electron chi connectivity index (χ1n) is 6.90. The number of fused-ring (bicyclic) bond motifs is 5. The third kappa shape index (κ3) is 1.13. The summed E-state index contributed by atoms with van der Waals surface area (Å²) in [5.41, 5.74) is -0.337. The van der Waals surface area contributed by atoms with E-state index in [0.29, 0.717) is 5.69 Å². The first-order chi connectivity index (χ1) is 9.55. The highest BCUT2D eigenvalue weighted by atomic mass is 16.3. The van der Waals surface area contributed by atoms with Crippen molar-refractivity contribution < 1.29 is 14.7 Å². The van der Waals surface area contributed by atoms with Crippen LogP contribution >= 0.6 is 0 Å². The van der Waals surface area contributed by atoms with Gasteiger partial charge in [-0.15, -0.1) is 0 Å². The quantitative estimate of drug-likeness (QED) is 0.627. The number of rotatable bonds is 1. The lowest BCUT2D eigenvalue weighted by Gasteiger charge is -2.28. The molecule has 102 valence electrons. The van der Waals surface area contributed by atoms with E-state index < -0.39 is 5.41 Å². The summed E-state index contributed by atoms with van der Waals surface area (Å²) < 4.78 is 0. The van der Waals surface area contributed by atoms with E-state index in [2.05, 4.69) is 12.2 Å². The van der Waals surface area contributed by atoms with Crippen molar-refractivity contribution >= 4 is 17.5 Å². The van der Waals surface area contributed by atoms with Crippen molar-refractivity contribution in [2.75, 3.05) is 4.90 Å². The van der Waals surface area contributed by atoms with Crippen LogP contribution in [0.1, 0.15) is 13.3 Å². The number of nitrogens with zero attached hydrogens (tertiary/aromatic N) is 1. The van der Waals surface area contributed by atoms with E-state index in [4.69, 9.17) is 0 Å². The predicted octanol–water partition coefficient (Wildman–Crippen LogP) is 2.09. The van der Waals surface area contributed by atoms with E-state index in [1.807, 2.05) is 6.92 Å². The third-order valence-corrected chi connectivity index (χ3v) is 5.23. The number of imide groups is 1. The summed E-state index contributed by atoms with van der Waals surface area (Å²) >= 11 is 0. The molecule has 4 atom stereocenters. The van der Waals surface area contributed by atoms with E-state index >= 15 is 0 Å². The number of aromatic hydroxyl groups is 1. The van der Waals surface area contributed by atoms with Crippen molar-refractivity contribution in [3.63, 3.8) is 0 Å². The summed E-state index contributed by atoms with van der Waals surface area (Å²) in [4.78, 5) is 26.7. The minimum absolute atomic E-state index is 0.0296. The van der Waals surface area contributed by atoms with E-state index in [9.17, 15) is 14.7 Å². The second-order valence-electron chi connectivity index (χ2n) is 6.12. The number of allylic oxidation sites excluding steroid dienone is 2. The molecule has 0 unspecified atom stereocenters. The van der Waals surface area contributed by atoms with Crippen molar-refractivity contribution in [2.24, 2.45) is 23.2 Å². The Morgan fingerprint density at radius 2 is 2.00 bits per heavy atom. The standard InChI is InChI=1S/C16H15NO3/c1-16-10-7-6-9(8-10)13(16)14(19)17(15(16)20)11-4-2-3-5-12(11)18/h2-7,9-10,13,18H,8H2,1H3/t9-,10-,13+,16-/m1/s1. The van der Waals surface area contributed by atoms with Gasteiger partial charge >= 0.3 is 0 Å². The zero-order valence-electron chi connectivity index (χ0n) is 11.1. The fourth-order valence-electron chi connectivity index (χ4n) is 4.19. The Morgan fingerprint density at radius 1 is 1.25 bits per heavy atom. The van der Waals surface area contributed by atoms with Gasteiger partial charge in [0.1, 0.15) is 5.75 Å². The molecule has 1 heterocycles. The number of carbonyl (C=O) groups excluding carboxylic acids is 2. The van der Waals surface area contributed by atoms with Gasteiger partial charge in [0.15, 0.2) is 0 Å². The molecule has 0 aromatic heterocycles. The number of phenols is 1. The number of hydrogen-bond acceptors (Lipinski definition) is 3. The Kier molecular flexibility index (Phi) is 2.05. The van der Waals surface area contributed by atoms with Crippen LogP contribution in [0.3, 0.4) is 0 Å². The lowest BCUT2D eigenvalue weighted by atomic mass is 9.71. The van der Waals surface area contributed by atoms with Crippen LogP contribution in [-0.4, -0.2) is 16.9 Å². The normalized spacial score (nSPS) is 37.9. The first-order valence-corrected chi connectivity index (χ1v) is 6.90. The van der Waals surface area contributed by atoms with Gasteiger partial charge < -0.3 is 5.11 Å². The first kappa shape index (κ1) is 11.7. The Bertz CT molecular complexity index is 665. The molecule has 4 heteroatoms. The van der Waals surface area contributed by atoms with Crippen LogP contribution in [0.2, 0.25) is 0 Å². The highest BCUT2D eigenvalue weighted by Gasteiger charge is 2.67. The largest absolute Gasteiger partial charge is 0.506 e. The summed E-state index contributed by atoms with van der Waals surface area (Å²) in [6.45, 7) is 1.89. The van der Waals surface area contributed by atoms with Crippen molar-refractivity contribution in [3.05, 3.63) is 36.4 Å². The molecule has 0 spiro atoms. The summed E-state index contributed by atoms with van der Waals surface area (Å²) in [5.74, 6) is -0.341. The van der Waals surface area contributed by atoms with Gasteiger partial charge in [-0.25, -0.2) is 4.90 Å². The van der Waals surface area contributed by atoms with Crippen LogP contribution in [0.15, 0.2) is 36.4 Å². The Labute approximate surface area is 116 Å². The van der Waals surface area contributed by atoms with Crippen LogP contribution in [0.5, 0.6) is 5.75 Å². The SMILES string of the molecule is C[C@]12C(=O)N(c3ccccc3O)C(=O)[C@@H]1[C@@H]1C=C[C@@H]2C1. The average Bonchev–Trinajstić information content (AvgIpc) is 3.05. The van der Waals surface area contributed by atoms with E-state index in [1.54, 1.807) is 18.2 Å². The van der Waals surface area contributed by atoms with Gasteiger partial charge in [-0.1, -0.05) is 24.3 Å². The smallest absolute Gasteiger partial charge is 0.241 e. The van der Waals surface area contributed by atoms with Gasteiger partial charge in [-0.3, -0.25) is 9.59 Å². The Hall–Kier alpha value is -2.10. The summed E-state index contributed by atoms with van der Waals surface area (Å²) in [6, 6.07) is 6.51. The van der Waals surface area contributed by atoms with Gasteiger partial charge in [0.2, 0.25) is 11.8 Å². The maximum Gasteiger partial charge on any atom is 0.241 e. The lowest BCUT2D eigenvalue weighted by Crippen LogP contribution is -2.37.